The average molecular weight is 515 g/mol. The van der Waals surface area contributed by atoms with Crippen LogP contribution in [-0.2, 0) is 15.3 Å². The molecule has 186 valence electrons. The number of hydrogen-bond acceptors (Lipinski definition) is 5. The number of hydrogen-bond donors (Lipinski definition) is 1. The maximum absolute atomic E-state index is 13.1. The zero-order chi connectivity index (χ0) is 24.9. The van der Waals surface area contributed by atoms with Crippen LogP contribution in [0, 0.1) is 11.3 Å². The summed E-state index contributed by atoms with van der Waals surface area (Å²) in [6.45, 7) is 3.47. The Balaban J connectivity index is 1.26. The Bertz CT molecular complexity index is 1170. The van der Waals surface area contributed by atoms with Crippen molar-refractivity contribution in [2.24, 2.45) is 0 Å². The normalized spacial score (nSPS) is 20.7. The fraction of sp³-hybridized carbons (Fsp3) is 0.462. The van der Waals surface area contributed by atoms with Gasteiger partial charge in [-0.05, 0) is 49.4 Å². The van der Waals surface area contributed by atoms with Gasteiger partial charge in [-0.15, -0.1) is 0 Å². The molecule has 0 saturated carbocycles. The molecule has 2 aromatic carbocycles. The van der Waals surface area contributed by atoms with Crippen molar-refractivity contribution in [2.75, 3.05) is 39.3 Å². The van der Waals surface area contributed by atoms with Crippen LogP contribution >= 0.6 is 11.6 Å². The van der Waals surface area contributed by atoms with Crippen molar-refractivity contribution in [2.45, 2.75) is 41.2 Å². The summed E-state index contributed by atoms with van der Waals surface area (Å²) in [5.74, 6) is 0. The molecule has 2 aliphatic rings. The zero-order valence-corrected chi connectivity index (χ0v) is 21.3. The highest BCUT2D eigenvalue weighted by molar-refractivity contribution is 7.92. The maximum Gasteiger partial charge on any atom is 0.317 e. The molecule has 1 N–H and O–H groups in total. The second-order valence-corrected chi connectivity index (χ2v) is 12.0. The lowest BCUT2D eigenvalue weighted by molar-refractivity contribution is 0.173. The minimum Gasteiger partial charge on any atom is -0.337 e. The first-order chi connectivity index (χ1) is 16.8. The summed E-state index contributed by atoms with van der Waals surface area (Å²) in [5.41, 5.74) is 0.626. The number of sulfone groups is 1. The number of piperidine rings is 2. The molecule has 4 rings (SSSR count). The number of carbonyl (C=O) groups excluding carboxylic acids is 1. The van der Waals surface area contributed by atoms with Gasteiger partial charge < -0.3 is 15.1 Å². The van der Waals surface area contributed by atoms with Gasteiger partial charge in [-0.1, -0.05) is 48.0 Å². The Morgan fingerprint density at radius 3 is 2.54 bits per heavy atom. The molecule has 2 aromatic rings. The highest BCUT2D eigenvalue weighted by atomic mass is 35.5. The predicted molar refractivity (Wildman–Crippen MR) is 136 cm³/mol. The largest absolute Gasteiger partial charge is 0.337 e. The number of benzene rings is 2. The lowest BCUT2D eigenvalue weighted by Crippen LogP contribution is -2.50. The molecule has 0 aliphatic carbocycles. The maximum atomic E-state index is 13.1. The van der Waals surface area contributed by atoms with E-state index in [4.69, 9.17) is 11.6 Å². The van der Waals surface area contributed by atoms with Crippen LogP contribution in [0.25, 0.3) is 0 Å². The molecule has 2 saturated heterocycles. The van der Waals surface area contributed by atoms with E-state index in [1.54, 1.807) is 23.1 Å². The van der Waals surface area contributed by atoms with E-state index < -0.39 is 20.5 Å². The van der Waals surface area contributed by atoms with Crippen LogP contribution in [0.4, 0.5) is 4.79 Å². The number of amides is 2. The molecular formula is C26H31ClN4O3S. The van der Waals surface area contributed by atoms with Crippen molar-refractivity contribution < 1.29 is 13.2 Å². The monoisotopic (exact) mass is 514 g/mol. The summed E-state index contributed by atoms with van der Waals surface area (Å²) in [4.78, 5) is 16.8. The molecule has 9 heteroatoms. The summed E-state index contributed by atoms with van der Waals surface area (Å²) in [6.07, 6.45) is 2.68. The molecule has 35 heavy (non-hydrogen) atoms. The first-order valence-corrected chi connectivity index (χ1v) is 14.0. The Labute approximate surface area is 212 Å². The Kier molecular flexibility index (Phi) is 8.00. The molecule has 2 amide bonds. The number of rotatable bonds is 6. The third kappa shape index (κ3) is 5.80. The lowest BCUT2D eigenvalue weighted by Gasteiger charge is -2.38. The Hall–Kier alpha value is -2.60. The summed E-state index contributed by atoms with van der Waals surface area (Å²) in [6, 6.07) is 18.6. The van der Waals surface area contributed by atoms with E-state index in [1.807, 2.05) is 30.3 Å². The van der Waals surface area contributed by atoms with Crippen LogP contribution in [0.5, 0.6) is 0 Å². The third-order valence-electron chi connectivity index (χ3n) is 7.18. The van der Waals surface area contributed by atoms with Crippen molar-refractivity contribution >= 4 is 27.5 Å². The van der Waals surface area contributed by atoms with Gasteiger partial charge in [0, 0.05) is 44.3 Å². The average Bonchev–Trinajstić information content (AvgIpc) is 2.89. The van der Waals surface area contributed by atoms with E-state index >= 15 is 0 Å². The van der Waals surface area contributed by atoms with Crippen LogP contribution in [0.3, 0.4) is 0 Å². The standard InChI is InChI=1S/C26H31ClN4O3S/c27-22-8-4-9-23(18-22)35(33,34)24-10-5-14-31(19-24)25(32)29-13-17-30-15-11-26(20-28,12-16-30)21-6-2-1-3-7-21/h1-4,6-9,18,24H,5,10-17,19H2,(H,29,32). The molecule has 7 nitrogen and oxygen atoms in total. The number of nitrogens with zero attached hydrogens (tertiary/aromatic N) is 3. The minimum atomic E-state index is -3.57. The second kappa shape index (κ2) is 11.0. The van der Waals surface area contributed by atoms with E-state index in [0.29, 0.717) is 37.5 Å². The fourth-order valence-electron chi connectivity index (χ4n) is 5.03. The summed E-state index contributed by atoms with van der Waals surface area (Å²) in [5, 5.41) is 12.6. The molecule has 1 unspecified atom stereocenters. The van der Waals surface area contributed by atoms with E-state index in [1.165, 1.54) is 6.07 Å². The molecule has 0 bridgehead atoms. The Morgan fingerprint density at radius 2 is 1.86 bits per heavy atom. The van der Waals surface area contributed by atoms with Crippen LogP contribution < -0.4 is 5.32 Å². The van der Waals surface area contributed by atoms with E-state index in [-0.39, 0.29) is 17.5 Å². The SMILES string of the molecule is N#CC1(c2ccccc2)CCN(CCNC(=O)N2CCCC(S(=O)(=O)c3cccc(Cl)c3)C2)CC1. The fourth-order valence-corrected chi connectivity index (χ4v) is 7.08. The molecule has 2 aliphatic heterocycles. The highest BCUT2D eigenvalue weighted by Gasteiger charge is 2.37. The second-order valence-electron chi connectivity index (χ2n) is 9.35. The molecular weight excluding hydrogens is 484 g/mol. The van der Waals surface area contributed by atoms with Crippen molar-refractivity contribution in [3.05, 3.63) is 65.2 Å². The number of nitrogens with one attached hydrogen (secondary N) is 1. The topological polar surface area (TPSA) is 93.5 Å². The van der Waals surface area contributed by atoms with Crippen LogP contribution in [-0.4, -0.2) is 68.8 Å². The third-order valence-corrected chi connectivity index (χ3v) is 9.59. The first-order valence-electron chi connectivity index (χ1n) is 12.1. The summed E-state index contributed by atoms with van der Waals surface area (Å²) < 4.78 is 26.1. The van der Waals surface area contributed by atoms with Gasteiger partial charge in [-0.3, -0.25) is 0 Å². The van der Waals surface area contributed by atoms with Crippen LogP contribution in [0.15, 0.2) is 59.5 Å². The van der Waals surface area contributed by atoms with E-state index in [2.05, 4.69) is 16.3 Å². The highest BCUT2D eigenvalue weighted by Crippen LogP contribution is 2.34. The van der Waals surface area contributed by atoms with Gasteiger partial charge in [0.2, 0.25) is 0 Å². The van der Waals surface area contributed by atoms with Crippen molar-refractivity contribution in [1.82, 2.24) is 15.1 Å². The van der Waals surface area contributed by atoms with Gasteiger partial charge in [0.15, 0.2) is 9.84 Å². The zero-order valence-electron chi connectivity index (χ0n) is 19.7. The number of halogens is 1. The van der Waals surface area contributed by atoms with Gasteiger partial charge in [0.1, 0.15) is 0 Å². The predicted octanol–water partition coefficient (Wildman–Crippen LogP) is 3.85. The van der Waals surface area contributed by atoms with Gasteiger partial charge in [0.05, 0.1) is 21.6 Å². The van der Waals surface area contributed by atoms with E-state index in [9.17, 15) is 18.5 Å². The van der Waals surface area contributed by atoms with Gasteiger partial charge >= 0.3 is 6.03 Å². The van der Waals surface area contributed by atoms with Gasteiger partial charge in [-0.2, -0.15) is 5.26 Å². The van der Waals surface area contributed by atoms with E-state index in [0.717, 1.165) is 31.5 Å². The molecule has 0 aromatic heterocycles. The minimum absolute atomic E-state index is 0.173. The Morgan fingerprint density at radius 1 is 1.11 bits per heavy atom. The van der Waals surface area contributed by atoms with Gasteiger partial charge in [-0.25, -0.2) is 13.2 Å². The number of urea groups is 1. The first kappa shape index (κ1) is 25.5. The molecule has 0 radical (unpaired) electrons. The molecule has 1 atom stereocenters. The van der Waals surface area contributed by atoms with Crippen LogP contribution in [0.1, 0.15) is 31.2 Å². The smallest absolute Gasteiger partial charge is 0.317 e. The summed E-state index contributed by atoms with van der Waals surface area (Å²) in [7, 11) is -3.57. The molecule has 2 heterocycles. The lowest BCUT2D eigenvalue weighted by atomic mass is 9.74. The number of nitriles is 1. The van der Waals surface area contributed by atoms with Crippen molar-refractivity contribution in [3.63, 3.8) is 0 Å². The number of carbonyl (C=O) groups is 1. The molecule has 2 fully saturated rings. The number of likely N-dealkylation sites (tertiary alicyclic amines) is 2. The van der Waals surface area contributed by atoms with Crippen LogP contribution in [0.2, 0.25) is 5.02 Å². The quantitative estimate of drug-likeness (QED) is 0.632. The summed E-state index contributed by atoms with van der Waals surface area (Å²) >= 11 is 5.99. The van der Waals surface area contributed by atoms with Crippen molar-refractivity contribution in [3.8, 4) is 6.07 Å². The van der Waals surface area contributed by atoms with Crippen molar-refractivity contribution in [1.29, 1.82) is 5.26 Å². The van der Waals surface area contributed by atoms with Gasteiger partial charge in [0.25, 0.3) is 0 Å². The molecule has 0 spiro atoms.